The second-order valence-electron chi connectivity index (χ2n) is 6.67. The molecular formula is C18H25NO3. The second kappa shape index (κ2) is 6.69. The van der Waals surface area contributed by atoms with Gasteiger partial charge < -0.3 is 14.4 Å². The third kappa shape index (κ3) is 3.43. The Morgan fingerprint density at radius 2 is 2.05 bits per heavy atom. The van der Waals surface area contributed by atoms with Crippen LogP contribution in [0.25, 0.3) is 0 Å². The molecular weight excluding hydrogens is 278 g/mol. The van der Waals surface area contributed by atoms with Crippen molar-refractivity contribution in [1.82, 2.24) is 4.90 Å². The first-order valence-electron chi connectivity index (χ1n) is 8.28. The average Bonchev–Trinajstić information content (AvgIpc) is 2.96. The third-order valence-corrected chi connectivity index (χ3v) is 4.34. The Morgan fingerprint density at radius 3 is 2.73 bits per heavy atom. The van der Waals surface area contributed by atoms with Gasteiger partial charge in [-0.25, -0.2) is 0 Å². The molecule has 22 heavy (non-hydrogen) atoms. The number of rotatable bonds is 4. The number of benzene rings is 1. The Morgan fingerprint density at radius 1 is 1.32 bits per heavy atom. The monoisotopic (exact) mass is 303 g/mol. The van der Waals surface area contributed by atoms with E-state index in [1.54, 1.807) is 0 Å². The summed E-state index contributed by atoms with van der Waals surface area (Å²) in [6.45, 7) is 6.68. The predicted octanol–water partition coefficient (Wildman–Crippen LogP) is 2.65. The molecule has 0 N–H and O–H groups in total. The van der Waals surface area contributed by atoms with Crippen LogP contribution in [-0.4, -0.2) is 42.7 Å². The van der Waals surface area contributed by atoms with Gasteiger partial charge in [-0.1, -0.05) is 32.0 Å². The van der Waals surface area contributed by atoms with Crippen molar-refractivity contribution < 1.29 is 14.3 Å². The molecule has 0 radical (unpaired) electrons. The van der Waals surface area contributed by atoms with Crippen LogP contribution in [0.3, 0.4) is 0 Å². The molecule has 2 aliphatic heterocycles. The van der Waals surface area contributed by atoms with Crippen molar-refractivity contribution in [2.24, 2.45) is 5.92 Å². The summed E-state index contributed by atoms with van der Waals surface area (Å²) in [4.78, 5) is 14.5. The van der Waals surface area contributed by atoms with Crippen LogP contribution in [-0.2, 0) is 16.0 Å². The highest BCUT2D eigenvalue weighted by Gasteiger charge is 2.34. The molecule has 0 saturated carbocycles. The van der Waals surface area contributed by atoms with Crippen LogP contribution in [0.5, 0.6) is 5.75 Å². The quantitative estimate of drug-likeness (QED) is 0.858. The zero-order valence-electron chi connectivity index (χ0n) is 13.5. The Hall–Kier alpha value is -1.55. The van der Waals surface area contributed by atoms with Gasteiger partial charge >= 0.3 is 0 Å². The Balaban J connectivity index is 1.49. The lowest BCUT2D eigenvalue weighted by Gasteiger charge is -2.33. The summed E-state index contributed by atoms with van der Waals surface area (Å²) in [6.07, 6.45) is 2.51. The maximum atomic E-state index is 12.6. The number of carbonyl (C=O) groups is 1. The summed E-state index contributed by atoms with van der Waals surface area (Å²) in [6, 6.07) is 7.92. The van der Waals surface area contributed by atoms with E-state index in [1.165, 1.54) is 0 Å². The summed E-state index contributed by atoms with van der Waals surface area (Å²) in [5.74, 6) is 1.54. The lowest BCUT2D eigenvalue weighted by Crippen LogP contribution is -2.46. The van der Waals surface area contributed by atoms with Gasteiger partial charge in [-0.05, 0) is 30.4 Å². The van der Waals surface area contributed by atoms with Gasteiger partial charge in [0.1, 0.15) is 5.75 Å². The van der Waals surface area contributed by atoms with E-state index >= 15 is 0 Å². The molecule has 2 aliphatic rings. The zero-order valence-corrected chi connectivity index (χ0v) is 13.5. The van der Waals surface area contributed by atoms with E-state index in [0.29, 0.717) is 18.4 Å². The maximum Gasteiger partial charge on any atom is 0.263 e. The van der Waals surface area contributed by atoms with Crippen molar-refractivity contribution in [3.63, 3.8) is 0 Å². The van der Waals surface area contributed by atoms with Gasteiger partial charge in [0.25, 0.3) is 5.91 Å². The third-order valence-electron chi connectivity index (χ3n) is 4.34. The normalized spacial score (nSPS) is 21.8. The van der Waals surface area contributed by atoms with Gasteiger partial charge in [-0.15, -0.1) is 0 Å². The number of para-hydroxylation sites is 1. The molecule has 1 aromatic carbocycles. The summed E-state index contributed by atoms with van der Waals surface area (Å²) in [5.41, 5.74) is 1.14. The van der Waals surface area contributed by atoms with Crippen LogP contribution in [0.1, 0.15) is 32.3 Å². The molecule has 0 aromatic heterocycles. The van der Waals surface area contributed by atoms with E-state index in [9.17, 15) is 4.79 Å². The molecule has 1 saturated heterocycles. The molecule has 4 nitrogen and oxygen atoms in total. The largest absolute Gasteiger partial charge is 0.480 e. The lowest BCUT2D eigenvalue weighted by atomic mass is 10.1. The summed E-state index contributed by atoms with van der Waals surface area (Å²) < 4.78 is 11.7. The van der Waals surface area contributed by atoms with Crippen LogP contribution in [0.4, 0.5) is 0 Å². The topological polar surface area (TPSA) is 38.8 Å². The minimum atomic E-state index is -0.342. The first kappa shape index (κ1) is 15.3. The number of carbonyl (C=O) groups excluding carboxylic acids is 1. The second-order valence-corrected chi connectivity index (χ2v) is 6.67. The van der Waals surface area contributed by atoms with E-state index in [4.69, 9.17) is 9.47 Å². The molecule has 1 amide bonds. The highest BCUT2D eigenvalue weighted by Crippen LogP contribution is 2.29. The van der Waals surface area contributed by atoms with Crippen molar-refractivity contribution in [3.05, 3.63) is 29.8 Å². The first-order valence-corrected chi connectivity index (χ1v) is 8.28. The predicted molar refractivity (Wildman–Crippen MR) is 85.0 cm³/mol. The lowest BCUT2D eigenvalue weighted by molar-refractivity contribution is -0.140. The fourth-order valence-electron chi connectivity index (χ4n) is 3.09. The number of nitrogens with zero attached hydrogens (tertiary/aromatic N) is 1. The van der Waals surface area contributed by atoms with Crippen LogP contribution < -0.4 is 4.74 Å². The molecule has 2 heterocycles. The molecule has 1 fully saturated rings. The summed E-state index contributed by atoms with van der Waals surface area (Å²) in [7, 11) is 0. The van der Waals surface area contributed by atoms with Crippen molar-refractivity contribution in [2.45, 2.75) is 45.3 Å². The SMILES string of the molecule is CC(C)COC1CCN(C(=O)[C@H]2Cc3ccccc3O2)CC1. The van der Waals surface area contributed by atoms with E-state index in [2.05, 4.69) is 13.8 Å². The first-order chi connectivity index (χ1) is 10.6. The van der Waals surface area contributed by atoms with Crippen LogP contribution in [0.2, 0.25) is 0 Å². The molecule has 1 aromatic rings. The van der Waals surface area contributed by atoms with E-state index in [0.717, 1.165) is 43.9 Å². The van der Waals surface area contributed by atoms with E-state index < -0.39 is 0 Å². The Labute approximate surface area is 132 Å². The van der Waals surface area contributed by atoms with Gasteiger partial charge in [0.15, 0.2) is 6.10 Å². The molecule has 1 atom stereocenters. The Kier molecular flexibility index (Phi) is 4.67. The molecule has 0 bridgehead atoms. The number of hydrogen-bond acceptors (Lipinski definition) is 3. The zero-order chi connectivity index (χ0) is 15.5. The number of piperidine rings is 1. The average molecular weight is 303 g/mol. The summed E-state index contributed by atoms with van der Waals surface area (Å²) in [5, 5.41) is 0. The molecule has 120 valence electrons. The number of amides is 1. The van der Waals surface area contributed by atoms with Gasteiger partial charge in [0, 0.05) is 26.1 Å². The smallest absolute Gasteiger partial charge is 0.263 e. The number of likely N-dealkylation sites (tertiary alicyclic amines) is 1. The van der Waals surface area contributed by atoms with Crippen molar-refractivity contribution in [3.8, 4) is 5.75 Å². The Bertz CT molecular complexity index is 496. The fourth-order valence-corrected chi connectivity index (χ4v) is 3.09. The summed E-state index contributed by atoms with van der Waals surface area (Å²) >= 11 is 0. The van der Waals surface area contributed by atoms with Crippen LogP contribution >= 0.6 is 0 Å². The fraction of sp³-hybridized carbons (Fsp3) is 0.611. The molecule has 0 unspecified atom stereocenters. The van der Waals surface area contributed by atoms with Gasteiger partial charge in [-0.2, -0.15) is 0 Å². The van der Waals surface area contributed by atoms with Gasteiger partial charge in [0.05, 0.1) is 6.10 Å². The maximum absolute atomic E-state index is 12.6. The molecule has 0 spiro atoms. The van der Waals surface area contributed by atoms with Gasteiger partial charge in [0.2, 0.25) is 0 Å². The van der Waals surface area contributed by atoms with E-state index in [1.807, 2.05) is 29.2 Å². The van der Waals surface area contributed by atoms with Crippen molar-refractivity contribution >= 4 is 5.91 Å². The standard InChI is InChI=1S/C18H25NO3/c1-13(2)12-21-15-7-9-19(10-8-15)18(20)17-11-14-5-3-4-6-16(14)22-17/h3-6,13,15,17H,7-12H2,1-2H3/t17-/m1/s1. The number of fused-ring (bicyclic) bond motifs is 1. The molecule has 4 heteroatoms. The highest BCUT2D eigenvalue weighted by molar-refractivity contribution is 5.82. The molecule has 3 rings (SSSR count). The minimum Gasteiger partial charge on any atom is -0.480 e. The minimum absolute atomic E-state index is 0.124. The van der Waals surface area contributed by atoms with Gasteiger partial charge in [-0.3, -0.25) is 4.79 Å². The van der Waals surface area contributed by atoms with Crippen LogP contribution in [0.15, 0.2) is 24.3 Å². The van der Waals surface area contributed by atoms with Crippen molar-refractivity contribution in [2.75, 3.05) is 19.7 Å². The number of hydrogen-bond donors (Lipinski definition) is 0. The van der Waals surface area contributed by atoms with Crippen molar-refractivity contribution in [1.29, 1.82) is 0 Å². The van der Waals surface area contributed by atoms with E-state index in [-0.39, 0.29) is 12.0 Å². The molecule has 0 aliphatic carbocycles. The van der Waals surface area contributed by atoms with Crippen LogP contribution in [0, 0.1) is 5.92 Å². The highest BCUT2D eigenvalue weighted by atomic mass is 16.5. The number of ether oxygens (including phenoxy) is 2.